The maximum absolute atomic E-state index is 12.5. The highest BCUT2D eigenvalue weighted by Crippen LogP contribution is 2.29. The van der Waals surface area contributed by atoms with Crippen molar-refractivity contribution in [3.8, 4) is 5.75 Å². The molecule has 3 aromatic rings. The van der Waals surface area contributed by atoms with E-state index in [4.69, 9.17) is 9.15 Å². The molecule has 3 rings (SSSR count). The predicted octanol–water partition coefficient (Wildman–Crippen LogP) is 4.18. The van der Waals surface area contributed by atoms with Gasteiger partial charge in [-0.15, -0.1) is 0 Å². The Bertz CT molecular complexity index is 852. The zero-order valence-corrected chi connectivity index (χ0v) is 13.3. The number of carbonyl (C=O) groups excluding carboxylic acids is 1. The van der Waals surface area contributed by atoms with Gasteiger partial charge >= 0.3 is 0 Å². The summed E-state index contributed by atoms with van der Waals surface area (Å²) in [4.78, 5) is 16.6. The molecular weight excluding hydrogens is 292 g/mol. The maximum Gasteiger partial charge on any atom is 0.257 e. The van der Waals surface area contributed by atoms with Gasteiger partial charge in [-0.05, 0) is 56.7 Å². The Balaban J connectivity index is 1.93. The lowest BCUT2D eigenvalue weighted by Gasteiger charge is -2.12. The van der Waals surface area contributed by atoms with Gasteiger partial charge in [-0.3, -0.25) is 4.79 Å². The molecule has 0 unspecified atom stereocenters. The number of hydrogen-bond acceptors (Lipinski definition) is 4. The number of rotatable bonds is 4. The number of amides is 1. The number of carbonyl (C=O) groups is 1. The summed E-state index contributed by atoms with van der Waals surface area (Å²) >= 11 is 0. The highest BCUT2D eigenvalue weighted by atomic mass is 16.5. The Morgan fingerprint density at radius 3 is 2.83 bits per heavy atom. The second-order valence-corrected chi connectivity index (χ2v) is 5.65. The molecule has 0 bridgehead atoms. The van der Waals surface area contributed by atoms with Crippen molar-refractivity contribution in [3.63, 3.8) is 0 Å². The van der Waals surface area contributed by atoms with E-state index < -0.39 is 0 Å². The molecule has 0 aliphatic heterocycles. The number of hydrogen-bond donors (Lipinski definition) is 1. The predicted molar refractivity (Wildman–Crippen MR) is 88.9 cm³/mol. The third kappa shape index (κ3) is 3.34. The van der Waals surface area contributed by atoms with Crippen molar-refractivity contribution >= 4 is 22.7 Å². The number of ether oxygens (including phenoxy) is 1. The molecule has 1 aromatic carbocycles. The smallest absolute Gasteiger partial charge is 0.257 e. The average molecular weight is 310 g/mol. The minimum absolute atomic E-state index is 0.00449. The molecule has 0 radical (unpaired) electrons. The van der Waals surface area contributed by atoms with Crippen LogP contribution in [0.2, 0.25) is 0 Å². The van der Waals surface area contributed by atoms with Crippen LogP contribution < -0.4 is 10.1 Å². The van der Waals surface area contributed by atoms with Crippen molar-refractivity contribution in [3.05, 3.63) is 53.9 Å². The minimum Gasteiger partial charge on any atom is -0.490 e. The summed E-state index contributed by atoms with van der Waals surface area (Å²) in [7, 11) is 0. The molecule has 5 heteroatoms. The van der Waals surface area contributed by atoms with E-state index in [-0.39, 0.29) is 12.0 Å². The zero-order valence-electron chi connectivity index (χ0n) is 13.3. The third-order valence-electron chi connectivity index (χ3n) is 3.32. The van der Waals surface area contributed by atoms with Crippen LogP contribution >= 0.6 is 0 Å². The van der Waals surface area contributed by atoms with E-state index in [0.717, 1.165) is 10.9 Å². The van der Waals surface area contributed by atoms with Crippen LogP contribution in [0, 0.1) is 6.92 Å². The van der Waals surface area contributed by atoms with Crippen LogP contribution in [0.15, 0.2) is 47.2 Å². The summed E-state index contributed by atoms with van der Waals surface area (Å²) in [5.41, 5.74) is 2.11. The van der Waals surface area contributed by atoms with Crippen molar-refractivity contribution in [1.82, 2.24) is 4.98 Å². The molecule has 23 heavy (non-hydrogen) atoms. The molecule has 0 atom stereocenters. The summed E-state index contributed by atoms with van der Waals surface area (Å²) in [5, 5.41) is 3.64. The van der Waals surface area contributed by atoms with Gasteiger partial charge in [0.1, 0.15) is 17.2 Å². The zero-order chi connectivity index (χ0) is 16.4. The van der Waals surface area contributed by atoms with E-state index in [1.54, 1.807) is 24.6 Å². The highest BCUT2D eigenvalue weighted by molar-refractivity contribution is 6.06. The van der Waals surface area contributed by atoms with Crippen LogP contribution in [0.5, 0.6) is 5.75 Å². The molecule has 0 saturated heterocycles. The van der Waals surface area contributed by atoms with E-state index in [0.29, 0.717) is 22.7 Å². The van der Waals surface area contributed by atoms with Crippen LogP contribution in [0.4, 0.5) is 5.82 Å². The standard InChI is InChI=1S/C18H18N2O3/c1-11(2)23-16-10-13(9-15-14(16)5-7-22-15)18(21)20-17-8-12(3)4-6-19-17/h4-11H,1-3H3,(H,19,20,21). The van der Waals surface area contributed by atoms with Crippen LogP contribution in [-0.2, 0) is 0 Å². The molecule has 0 spiro atoms. The lowest BCUT2D eigenvalue weighted by atomic mass is 10.1. The fourth-order valence-electron chi connectivity index (χ4n) is 2.31. The SMILES string of the molecule is Cc1ccnc(NC(=O)c2cc(OC(C)C)c3ccoc3c2)c1. The number of benzene rings is 1. The largest absolute Gasteiger partial charge is 0.490 e. The third-order valence-corrected chi connectivity index (χ3v) is 3.32. The van der Waals surface area contributed by atoms with Crippen LogP contribution in [-0.4, -0.2) is 17.0 Å². The number of nitrogens with zero attached hydrogens (tertiary/aromatic N) is 1. The second-order valence-electron chi connectivity index (χ2n) is 5.65. The summed E-state index contributed by atoms with van der Waals surface area (Å²) in [6, 6.07) is 8.95. The van der Waals surface area contributed by atoms with Gasteiger partial charge in [0.2, 0.25) is 0 Å². The number of anilines is 1. The summed E-state index contributed by atoms with van der Waals surface area (Å²) in [6.45, 7) is 5.82. The van der Waals surface area contributed by atoms with E-state index in [2.05, 4.69) is 10.3 Å². The van der Waals surface area contributed by atoms with Gasteiger partial charge in [0.15, 0.2) is 0 Å². The number of aryl methyl sites for hydroxylation is 1. The first kappa shape index (κ1) is 15.1. The fourth-order valence-corrected chi connectivity index (χ4v) is 2.31. The Morgan fingerprint density at radius 2 is 2.09 bits per heavy atom. The normalized spacial score (nSPS) is 11.0. The van der Waals surface area contributed by atoms with E-state index in [1.165, 1.54) is 0 Å². The molecule has 2 aromatic heterocycles. The van der Waals surface area contributed by atoms with Crippen molar-refractivity contribution in [2.75, 3.05) is 5.32 Å². The van der Waals surface area contributed by atoms with Crippen molar-refractivity contribution < 1.29 is 13.9 Å². The molecule has 118 valence electrons. The second kappa shape index (κ2) is 6.12. The number of pyridine rings is 1. The van der Waals surface area contributed by atoms with Crippen molar-refractivity contribution in [2.24, 2.45) is 0 Å². The van der Waals surface area contributed by atoms with Crippen molar-refractivity contribution in [2.45, 2.75) is 26.9 Å². The van der Waals surface area contributed by atoms with Gasteiger partial charge in [-0.25, -0.2) is 4.98 Å². The van der Waals surface area contributed by atoms with Gasteiger partial charge in [0.05, 0.1) is 17.8 Å². The average Bonchev–Trinajstić information content (AvgIpc) is 2.95. The first-order valence-corrected chi connectivity index (χ1v) is 7.45. The monoisotopic (exact) mass is 310 g/mol. The lowest BCUT2D eigenvalue weighted by molar-refractivity contribution is 0.102. The molecule has 5 nitrogen and oxygen atoms in total. The first-order chi connectivity index (χ1) is 11.0. The topological polar surface area (TPSA) is 64.4 Å². The summed E-state index contributed by atoms with van der Waals surface area (Å²) in [6.07, 6.45) is 3.25. The lowest BCUT2D eigenvalue weighted by Crippen LogP contribution is -2.14. The molecule has 1 N–H and O–H groups in total. The van der Waals surface area contributed by atoms with Gasteiger partial charge in [0, 0.05) is 11.8 Å². The minimum atomic E-state index is -0.255. The quantitative estimate of drug-likeness (QED) is 0.785. The molecular formula is C18H18N2O3. The van der Waals surface area contributed by atoms with Crippen LogP contribution in [0.25, 0.3) is 11.0 Å². The molecule has 0 aliphatic carbocycles. The molecule has 2 heterocycles. The maximum atomic E-state index is 12.5. The van der Waals surface area contributed by atoms with E-state index >= 15 is 0 Å². The Kier molecular flexibility index (Phi) is 4.02. The Hall–Kier alpha value is -2.82. The van der Waals surface area contributed by atoms with Gasteiger partial charge in [0.25, 0.3) is 5.91 Å². The first-order valence-electron chi connectivity index (χ1n) is 7.45. The van der Waals surface area contributed by atoms with Gasteiger partial charge in [-0.2, -0.15) is 0 Å². The highest BCUT2D eigenvalue weighted by Gasteiger charge is 2.14. The van der Waals surface area contributed by atoms with E-state index in [9.17, 15) is 4.79 Å². The molecule has 1 amide bonds. The number of aromatic nitrogens is 1. The van der Waals surface area contributed by atoms with Crippen molar-refractivity contribution in [1.29, 1.82) is 0 Å². The molecule has 0 fully saturated rings. The number of nitrogens with one attached hydrogen (secondary N) is 1. The summed E-state index contributed by atoms with van der Waals surface area (Å²) in [5.74, 6) is 0.893. The van der Waals surface area contributed by atoms with E-state index in [1.807, 2.05) is 39.0 Å². The fraction of sp³-hybridized carbons (Fsp3) is 0.222. The number of furan rings is 1. The molecule has 0 saturated carbocycles. The Labute approximate surface area is 134 Å². The van der Waals surface area contributed by atoms with Crippen LogP contribution in [0.3, 0.4) is 0 Å². The Morgan fingerprint density at radius 1 is 1.26 bits per heavy atom. The van der Waals surface area contributed by atoms with Gasteiger partial charge in [-0.1, -0.05) is 0 Å². The summed E-state index contributed by atoms with van der Waals surface area (Å²) < 4.78 is 11.2. The van der Waals surface area contributed by atoms with Gasteiger partial charge < -0.3 is 14.5 Å². The molecule has 0 aliphatic rings. The number of fused-ring (bicyclic) bond motifs is 1. The van der Waals surface area contributed by atoms with Crippen LogP contribution in [0.1, 0.15) is 29.8 Å².